The van der Waals surface area contributed by atoms with E-state index < -0.39 is 0 Å². The molecule has 1 aliphatic rings. The summed E-state index contributed by atoms with van der Waals surface area (Å²) >= 11 is 0. The van der Waals surface area contributed by atoms with Crippen molar-refractivity contribution in [3.05, 3.63) is 18.3 Å². The quantitative estimate of drug-likeness (QED) is 0.780. The Morgan fingerprint density at radius 1 is 1.53 bits per heavy atom. The topological polar surface area (TPSA) is 50.9 Å². The normalized spacial score (nSPS) is 24.0. The van der Waals surface area contributed by atoms with Crippen molar-refractivity contribution in [1.82, 2.24) is 4.98 Å². The molecular weight excluding hydrogens is 186 g/mol. The highest BCUT2D eigenvalue weighted by Crippen LogP contribution is 2.38. The van der Waals surface area contributed by atoms with Gasteiger partial charge in [-0.25, -0.2) is 4.98 Å². The third-order valence-electron chi connectivity index (χ3n) is 3.38. The first-order valence-electron chi connectivity index (χ1n) is 5.56. The minimum absolute atomic E-state index is 0.387. The molecule has 82 valence electrons. The van der Waals surface area contributed by atoms with E-state index in [-0.39, 0.29) is 0 Å². The summed E-state index contributed by atoms with van der Waals surface area (Å²) in [5.74, 6) is 0.579. The van der Waals surface area contributed by atoms with Crippen LogP contribution in [-0.2, 0) is 0 Å². The SMILES string of the molecule is CC1(C)CCCC1Nc1ccnc(N)c1. The smallest absolute Gasteiger partial charge is 0.125 e. The van der Waals surface area contributed by atoms with Crippen LogP contribution in [0.3, 0.4) is 0 Å². The van der Waals surface area contributed by atoms with E-state index in [2.05, 4.69) is 24.1 Å². The molecule has 0 aromatic carbocycles. The van der Waals surface area contributed by atoms with E-state index in [1.165, 1.54) is 19.3 Å². The lowest BCUT2D eigenvalue weighted by Gasteiger charge is -2.28. The van der Waals surface area contributed by atoms with E-state index in [0.717, 1.165) is 5.69 Å². The molecule has 0 radical (unpaired) electrons. The van der Waals surface area contributed by atoms with Crippen LogP contribution in [0.5, 0.6) is 0 Å². The molecule has 3 heteroatoms. The van der Waals surface area contributed by atoms with Crippen molar-refractivity contribution >= 4 is 11.5 Å². The number of hydrogen-bond donors (Lipinski definition) is 2. The third-order valence-corrected chi connectivity index (χ3v) is 3.38. The Balaban J connectivity index is 2.09. The van der Waals surface area contributed by atoms with Gasteiger partial charge in [-0.05, 0) is 24.3 Å². The lowest BCUT2D eigenvalue weighted by atomic mass is 9.87. The van der Waals surface area contributed by atoms with Gasteiger partial charge in [-0.2, -0.15) is 0 Å². The van der Waals surface area contributed by atoms with Gasteiger partial charge in [0.25, 0.3) is 0 Å². The molecule has 1 heterocycles. The minimum atomic E-state index is 0.387. The summed E-state index contributed by atoms with van der Waals surface area (Å²) < 4.78 is 0. The fraction of sp³-hybridized carbons (Fsp3) is 0.583. The van der Waals surface area contributed by atoms with Gasteiger partial charge in [-0.1, -0.05) is 20.3 Å². The van der Waals surface area contributed by atoms with Gasteiger partial charge in [0.15, 0.2) is 0 Å². The molecule has 0 bridgehead atoms. The van der Waals surface area contributed by atoms with E-state index in [1.807, 2.05) is 12.1 Å². The van der Waals surface area contributed by atoms with Crippen molar-refractivity contribution < 1.29 is 0 Å². The highest BCUT2D eigenvalue weighted by Gasteiger charge is 2.34. The van der Waals surface area contributed by atoms with E-state index in [0.29, 0.717) is 17.3 Å². The van der Waals surface area contributed by atoms with Gasteiger partial charge in [0.1, 0.15) is 5.82 Å². The van der Waals surface area contributed by atoms with Crippen molar-refractivity contribution in [3.8, 4) is 0 Å². The van der Waals surface area contributed by atoms with E-state index in [4.69, 9.17) is 5.73 Å². The number of hydrogen-bond acceptors (Lipinski definition) is 3. The summed E-state index contributed by atoms with van der Waals surface area (Å²) in [4.78, 5) is 3.99. The van der Waals surface area contributed by atoms with Crippen LogP contribution in [0.2, 0.25) is 0 Å². The van der Waals surface area contributed by atoms with Crippen molar-refractivity contribution in [2.75, 3.05) is 11.1 Å². The summed E-state index contributed by atoms with van der Waals surface area (Å²) in [5, 5.41) is 3.55. The maximum absolute atomic E-state index is 5.65. The van der Waals surface area contributed by atoms with Gasteiger partial charge in [0.2, 0.25) is 0 Å². The number of aromatic nitrogens is 1. The van der Waals surface area contributed by atoms with Crippen molar-refractivity contribution in [2.45, 2.75) is 39.2 Å². The Morgan fingerprint density at radius 2 is 2.33 bits per heavy atom. The average Bonchev–Trinajstić information content (AvgIpc) is 2.46. The van der Waals surface area contributed by atoms with Crippen LogP contribution in [0.25, 0.3) is 0 Å². The lowest BCUT2D eigenvalue weighted by Crippen LogP contribution is -2.30. The Morgan fingerprint density at radius 3 is 2.93 bits per heavy atom. The molecule has 1 saturated carbocycles. The summed E-state index contributed by atoms with van der Waals surface area (Å²) in [6.07, 6.45) is 5.60. The van der Waals surface area contributed by atoms with Gasteiger partial charge in [-0.15, -0.1) is 0 Å². The van der Waals surface area contributed by atoms with Crippen LogP contribution < -0.4 is 11.1 Å². The zero-order valence-corrected chi connectivity index (χ0v) is 9.46. The number of nitrogen functional groups attached to an aromatic ring is 1. The highest BCUT2D eigenvalue weighted by atomic mass is 15.0. The van der Waals surface area contributed by atoms with E-state index in [9.17, 15) is 0 Å². The Hall–Kier alpha value is -1.25. The predicted molar refractivity (Wildman–Crippen MR) is 63.7 cm³/mol. The summed E-state index contributed by atoms with van der Waals surface area (Å²) in [6.45, 7) is 4.64. The maximum atomic E-state index is 5.65. The monoisotopic (exact) mass is 205 g/mol. The number of anilines is 2. The molecule has 0 saturated heterocycles. The number of nitrogens with zero attached hydrogens (tertiary/aromatic N) is 1. The van der Waals surface area contributed by atoms with Crippen LogP contribution in [-0.4, -0.2) is 11.0 Å². The summed E-state index contributed by atoms with van der Waals surface area (Å²) in [6, 6.07) is 4.43. The number of nitrogens with one attached hydrogen (secondary N) is 1. The van der Waals surface area contributed by atoms with Crippen molar-refractivity contribution in [1.29, 1.82) is 0 Å². The van der Waals surface area contributed by atoms with Crippen LogP contribution >= 0.6 is 0 Å². The molecule has 3 N–H and O–H groups in total. The molecular formula is C12H19N3. The van der Waals surface area contributed by atoms with E-state index in [1.54, 1.807) is 6.20 Å². The molecule has 2 rings (SSSR count). The van der Waals surface area contributed by atoms with Crippen LogP contribution in [0.1, 0.15) is 33.1 Å². The number of pyridine rings is 1. The molecule has 1 fully saturated rings. The van der Waals surface area contributed by atoms with Gasteiger partial charge < -0.3 is 11.1 Å². The van der Waals surface area contributed by atoms with Crippen LogP contribution in [0.4, 0.5) is 11.5 Å². The molecule has 3 nitrogen and oxygen atoms in total. The lowest BCUT2D eigenvalue weighted by molar-refractivity contribution is 0.350. The molecule has 1 aromatic rings. The molecule has 0 amide bonds. The Bertz CT molecular complexity index is 346. The molecule has 1 unspecified atom stereocenters. The molecule has 1 aromatic heterocycles. The molecule has 0 aliphatic heterocycles. The zero-order valence-electron chi connectivity index (χ0n) is 9.46. The fourth-order valence-electron chi connectivity index (χ4n) is 2.33. The first kappa shape index (κ1) is 10.3. The summed E-state index contributed by atoms with van der Waals surface area (Å²) in [7, 11) is 0. The maximum Gasteiger partial charge on any atom is 0.125 e. The van der Waals surface area contributed by atoms with Crippen molar-refractivity contribution in [2.24, 2.45) is 5.41 Å². The van der Waals surface area contributed by atoms with Gasteiger partial charge in [-0.3, -0.25) is 0 Å². The predicted octanol–water partition coefficient (Wildman–Crippen LogP) is 2.65. The molecule has 0 spiro atoms. The highest BCUT2D eigenvalue weighted by molar-refractivity contribution is 5.50. The van der Waals surface area contributed by atoms with Crippen molar-refractivity contribution in [3.63, 3.8) is 0 Å². The second-order valence-electron chi connectivity index (χ2n) is 5.05. The number of rotatable bonds is 2. The van der Waals surface area contributed by atoms with Gasteiger partial charge >= 0.3 is 0 Å². The van der Waals surface area contributed by atoms with Gasteiger partial charge in [0.05, 0.1) is 0 Å². The molecule has 1 atom stereocenters. The van der Waals surface area contributed by atoms with Crippen LogP contribution in [0.15, 0.2) is 18.3 Å². The summed E-state index contributed by atoms with van der Waals surface area (Å²) in [5.41, 5.74) is 7.12. The second kappa shape index (κ2) is 3.72. The third kappa shape index (κ3) is 2.22. The zero-order chi connectivity index (χ0) is 10.9. The van der Waals surface area contributed by atoms with Crippen LogP contribution in [0, 0.1) is 5.41 Å². The largest absolute Gasteiger partial charge is 0.384 e. The standard InChI is InChI=1S/C12H19N3/c1-12(2)6-3-4-10(12)15-9-5-7-14-11(13)8-9/h5,7-8,10H,3-4,6H2,1-2H3,(H3,13,14,15). The minimum Gasteiger partial charge on any atom is -0.384 e. The Kier molecular flexibility index (Phi) is 2.55. The Labute approximate surface area is 91.1 Å². The van der Waals surface area contributed by atoms with Gasteiger partial charge in [0, 0.05) is 24.0 Å². The molecule has 1 aliphatic carbocycles. The number of nitrogens with two attached hydrogens (primary N) is 1. The second-order valence-corrected chi connectivity index (χ2v) is 5.05. The molecule has 15 heavy (non-hydrogen) atoms. The average molecular weight is 205 g/mol. The first-order valence-corrected chi connectivity index (χ1v) is 5.56. The van der Waals surface area contributed by atoms with E-state index >= 15 is 0 Å². The first-order chi connectivity index (χ1) is 7.08. The fourth-order valence-corrected chi connectivity index (χ4v) is 2.33.